The molecule has 2 heterocycles. The molecule has 0 aromatic carbocycles. The molecule has 98 valence electrons. The highest BCUT2D eigenvalue weighted by Gasteiger charge is 2.45. The maximum absolute atomic E-state index is 11.9. The molecule has 3 unspecified atom stereocenters. The normalized spacial score (nSPS) is 34.6. The Labute approximate surface area is 103 Å². The number of carbonyl (C=O) groups is 1. The average molecular weight is 241 g/mol. The number of nitrogens with zero attached hydrogens (tertiary/aromatic N) is 1. The maximum Gasteiger partial charge on any atom is 0.323 e. The third-order valence-corrected chi connectivity index (χ3v) is 4.07. The highest BCUT2D eigenvalue weighted by Crippen LogP contribution is 2.38. The highest BCUT2D eigenvalue weighted by molar-refractivity contribution is 5.75. The van der Waals surface area contributed by atoms with Crippen molar-refractivity contribution in [2.24, 2.45) is 0 Å². The Morgan fingerprint density at radius 1 is 1.35 bits per heavy atom. The number of hydrogen-bond acceptors (Lipinski definition) is 4. The van der Waals surface area contributed by atoms with E-state index >= 15 is 0 Å². The van der Waals surface area contributed by atoms with Crippen LogP contribution in [0.25, 0.3) is 0 Å². The van der Waals surface area contributed by atoms with E-state index in [9.17, 15) is 9.90 Å². The predicted molar refractivity (Wildman–Crippen MR) is 64.6 cm³/mol. The van der Waals surface area contributed by atoms with Crippen LogP contribution in [0.1, 0.15) is 46.0 Å². The van der Waals surface area contributed by atoms with Crippen LogP contribution in [0, 0.1) is 0 Å². The van der Waals surface area contributed by atoms with Gasteiger partial charge in [0.1, 0.15) is 6.04 Å². The molecule has 3 atom stereocenters. The fourth-order valence-corrected chi connectivity index (χ4v) is 3.43. The summed E-state index contributed by atoms with van der Waals surface area (Å²) in [5.74, 6) is -0.0942. The lowest BCUT2D eigenvalue weighted by molar-refractivity contribution is -0.152. The largest absolute Gasteiger partial charge is 0.465 e. The second kappa shape index (κ2) is 5.36. The fraction of sp³-hybridized carbons (Fsp3) is 0.923. The second-order valence-corrected chi connectivity index (χ2v) is 5.13. The van der Waals surface area contributed by atoms with Crippen LogP contribution in [0.3, 0.4) is 0 Å². The van der Waals surface area contributed by atoms with Gasteiger partial charge in [0.05, 0.1) is 12.7 Å². The zero-order valence-corrected chi connectivity index (χ0v) is 10.8. The molecule has 0 saturated carbocycles. The van der Waals surface area contributed by atoms with Gasteiger partial charge in [-0.25, -0.2) is 0 Å². The van der Waals surface area contributed by atoms with Gasteiger partial charge in [-0.15, -0.1) is 0 Å². The topological polar surface area (TPSA) is 49.8 Å². The molecule has 0 aliphatic carbocycles. The van der Waals surface area contributed by atoms with E-state index < -0.39 is 0 Å². The number of aliphatic hydroxyl groups excluding tert-OH is 1. The van der Waals surface area contributed by atoms with Gasteiger partial charge in [0, 0.05) is 12.1 Å². The Bertz CT molecular complexity index is 268. The molecule has 4 heteroatoms. The molecule has 2 rings (SSSR count). The number of carbonyl (C=O) groups excluding carboxylic acids is 1. The van der Waals surface area contributed by atoms with Gasteiger partial charge in [-0.2, -0.15) is 0 Å². The van der Waals surface area contributed by atoms with Crippen molar-refractivity contribution in [1.29, 1.82) is 0 Å². The summed E-state index contributed by atoms with van der Waals surface area (Å²) < 4.78 is 5.16. The molecule has 0 amide bonds. The van der Waals surface area contributed by atoms with E-state index in [1.807, 2.05) is 13.8 Å². The number of ether oxygens (including phenoxy) is 1. The van der Waals surface area contributed by atoms with Gasteiger partial charge in [-0.05, 0) is 39.0 Å². The second-order valence-electron chi connectivity index (χ2n) is 5.13. The van der Waals surface area contributed by atoms with Gasteiger partial charge < -0.3 is 9.84 Å². The number of esters is 1. The molecule has 1 N–H and O–H groups in total. The van der Waals surface area contributed by atoms with Crippen molar-refractivity contribution >= 4 is 5.97 Å². The molecule has 2 fully saturated rings. The lowest BCUT2D eigenvalue weighted by Crippen LogP contribution is -2.53. The Balaban J connectivity index is 2.07. The summed E-state index contributed by atoms with van der Waals surface area (Å²) in [6.45, 7) is 4.33. The molecule has 0 radical (unpaired) electrons. The first kappa shape index (κ1) is 12.8. The number of piperidine rings is 1. The molecular weight excluding hydrogens is 218 g/mol. The van der Waals surface area contributed by atoms with Crippen molar-refractivity contribution in [1.82, 2.24) is 4.90 Å². The van der Waals surface area contributed by atoms with E-state index in [1.54, 1.807) is 0 Å². The first-order chi connectivity index (χ1) is 8.17. The highest BCUT2D eigenvalue weighted by atomic mass is 16.5. The summed E-state index contributed by atoms with van der Waals surface area (Å²) in [5.41, 5.74) is 0. The Morgan fingerprint density at radius 2 is 1.94 bits per heavy atom. The molecular formula is C13H23NO3. The number of aliphatic hydroxyl groups is 1. The van der Waals surface area contributed by atoms with E-state index in [2.05, 4.69) is 4.90 Å². The minimum atomic E-state index is -0.177. The first-order valence-electron chi connectivity index (χ1n) is 6.79. The van der Waals surface area contributed by atoms with Crippen molar-refractivity contribution in [2.45, 2.75) is 70.2 Å². The molecule has 0 spiro atoms. The van der Waals surface area contributed by atoms with Crippen molar-refractivity contribution in [3.05, 3.63) is 0 Å². The summed E-state index contributed by atoms with van der Waals surface area (Å²) in [5, 5.41) is 9.76. The maximum atomic E-state index is 11.9. The summed E-state index contributed by atoms with van der Waals surface area (Å²) >= 11 is 0. The summed E-state index contributed by atoms with van der Waals surface area (Å²) in [4.78, 5) is 14.3. The monoisotopic (exact) mass is 241 g/mol. The van der Waals surface area contributed by atoms with Gasteiger partial charge in [-0.1, -0.05) is 6.92 Å². The number of rotatable bonds is 4. The average Bonchev–Trinajstić information content (AvgIpc) is 2.55. The van der Waals surface area contributed by atoms with Gasteiger partial charge in [0.15, 0.2) is 0 Å². The summed E-state index contributed by atoms with van der Waals surface area (Å²) in [6, 6.07) is 0.635. The van der Waals surface area contributed by atoms with Crippen molar-refractivity contribution < 1.29 is 14.6 Å². The Morgan fingerprint density at radius 3 is 2.41 bits per heavy atom. The van der Waals surface area contributed by atoms with Gasteiger partial charge >= 0.3 is 5.97 Å². The van der Waals surface area contributed by atoms with E-state index in [0.717, 1.165) is 32.1 Å². The van der Waals surface area contributed by atoms with E-state index in [1.165, 1.54) is 0 Å². The third-order valence-electron chi connectivity index (χ3n) is 4.07. The van der Waals surface area contributed by atoms with Crippen LogP contribution in [-0.2, 0) is 9.53 Å². The zero-order chi connectivity index (χ0) is 12.4. The molecule has 0 aromatic heterocycles. The molecule has 2 aliphatic heterocycles. The predicted octanol–water partition coefficient (Wildman–Crippen LogP) is 1.32. The van der Waals surface area contributed by atoms with Crippen LogP contribution < -0.4 is 0 Å². The Hall–Kier alpha value is -0.610. The Kier molecular flexibility index (Phi) is 4.05. The van der Waals surface area contributed by atoms with Crippen LogP contribution >= 0.6 is 0 Å². The SMILES string of the molecule is CCOC(=O)C(CC)N1C2CCC1CC(O)C2. The molecule has 4 nitrogen and oxygen atoms in total. The fourth-order valence-electron chi connectivity index (χ4n) is 3.43. The van der Waals surface area contributed by atoms with Crippen molar-refractivity contribution in [2.75, 3.05) is 6.61 Å². The molecule has 0 aromatic rings. The quantitative estimate of drug-likeness (QED) is 0.754. The number of hydrogen-bond donors (Lipinski definition) is 1. The lowest BCUT2D eigenvalue weighted by atomic mass is 9.97. The lowest BCUT2D eigenvalue weighted by Gasteiger charge is -2.40. The van der Waals surface area contributed by atoms with Gasteiger partial charge in [0.25, 0.3) is 0 Å². The van der Waals surface area contributed by atoms with Crippen LogP contribution in [0.5, 0.6) is 0 Å². The van der Waals surface area contributed by atoms with Crippen LogP contribution in [0.15, 0.2) is 0 Å². The minimum Gasteiger partial charge on any atom is -0.465 e. The van der Waals surface area contributed by atoms with Gasteiger partial charge in [-0.3, -0.25) is 9.69 Å². The van der Waals surface area contributed by atoms with E-state index in [4.69, 9.17) is 4.74 Å². The molecule has 2 bridgehead atoms. The standard InChI is InChI=1S/C13H23NO3/c1-3-12(13(16)17-4-2)14-9-5-6-10(14)8-11(15)7-9/h9-12,15H,3-8H2,1-2H3. The smallest absolute Gasteiger partial charge is 0.323 e. The number of fused-ring (bicyclic) bond motifs is 2. The summed E-state index contributed by atoms with van der Waals surface area (Å²) in [6.07, 6.45) is 4.46. The molecule has 17 heavy (non-hydrogen) atoms. The van der Waals surface area contributed by atoms with Crippen LogP contribution in [0.4, 0.5) is 0 Å². The van der Waals surface area contributed by atoms with Crippen molar-refractivity contribution in [3.8, 4) is 0 Å². The third kappa shape index (κ3) is 2.47. The van der Waals surface area contributed by atoms with E-state index in [0.29, 0.717) is 18.7 Å². The summed E-state index contributed by atoms with van der Waals surface area (Å²) in [7, 11) is 0. The van der Waals surface area contributed by atoms with E-state index in [-0.39, 0.29) is 18.1 Å². The van der Waals surface area contributed by atoms with Crippen LogP contribution in [0.2, 0.25) is 0 Å². The first-order valence-corrected chi connectivity index (χ1v) is 6.79. The van der Waals surface area contributed by atoms with Crippen molar-refractivity contribution in [3.63, 3.8) is 0 Å². The van der Waals surface area contributed by atoms with Crippen LogP contribution in [-0.4, -0.2) is 46.8 Å². The molecule has 2 aliphatic rings. The molecule has 2 saturated heterocycles. The van der Waals surface area contributed by atoms with Gasteiger partial charge in [0.2, 0.25) is 0 Å². The minimum absolute atomic E-state index is 0.0942. The zero-order valence-electron chi connectivity index (χ0n) is 10.8.